The molecule has 3 aromatic heterocycles. The van der Waals surface area contributed by atoms with Gasteiger partial charge in [-0.05, 0) is 54.2 Å². The molecular formula is C24H28N2OSi. The van der Waals surface area contributed by atoms with Gasteiger partial charge in [0.1, 0.15) is 5.58 Å². The summed E-state index contributed by atoms with van der Waals surface area (Å²) < 4.78 is 29.0. The molecule has 0 saturated carbocycles. The van der Waals surface area contributed by atoms with Gasteiger partial charge in [0.05, 0.1) is 13.8 Å². The van der Waals surface area contributed by atoms with E-state index in [9.17, 15) is 0 Å². The van der Waals surface area contributed by atoms with E-state index in [0.29, 0.717) is 17.2 Å². The predicted octanol–water partition coefficient (Wildman–Crippen LogP) is 6.10. The number of nitrogens with zero attached hydrogens (tertiary/aromatic N) is 2. The molecule has 144 valence electrons. The highest BCUT2D eigenvalue weighted by atomic mass is 28.3. The molecule has 4 rings (SSSR count). The fourth-order valence-electron chi connectivity index (χ4n) is 3.81. The van der Waals surface area contributed by atoms with Crippen LogP contribution in [-0.2, 0) is 6.42 Å². The lowest BCUT2D eigenvalue weighted by Crippen LogP contribution is -2.40. The van der Waals surface area contributed by atoms with E-state index in [-0.39, 0.29) is 5.69 Å². The van der Waals surface area contributed by atoms with Crippen molar-refractivity contribution in [2.24, 2.45) is 5.92 Å². The van der Waals surface area contributed by atoms with E-state index < -0.39 is 14.9 Å². The fraction of sp³-hybridized carbons (Fsp3) is 0.333. The molecule has 0 N–H and O–H groups in total. The molecule has 0 bridgehead atoms. The number of hydrogen-bond donors (Lipinski definition) is 0. The summed E-state index contributed by atoms with van der Waals surface area (Å²) in [5, 5.41) is 3.12. The topological polar surface area (TPSA) is 38.9 Å². The van der Waals surface area contributed by atoms with Crippen molar-refractivity contribution in [3.8, 4) is 11.3 Å². The SMILES string of the molecule is [2H]C([2H])([2H])c1ccc2c(n1)oc1c(-c3cc(CC(C)C)c([Si](C)(C)C)cn3)cccc12. The van der Waals surface area contributed by atoms with Crippen LogP contribution in [0.3, 0.4) is 0 Å². The van der Waals surface area contributed by atoms with Crippen LogP contribution < -0.4 is 5.19 Å². The van der Waals surface area contributed by atoms with Crippen LogP contribution in [-0.4, -0.2) is 18.0 Å². The lowest BCUT2D eigenvalue weighted by Gasteiger charge is -2.22. The van der Waals surface area contributed by atoms with E-state index in [1.807, 2.05) is 24.4 Å². The number of benzene rings is 1. The average molecular weight is 392 g/mol. The molecule has 0 unspecified atom stereocenters. The van der Waals surface area contributed by atoms with Crippen molar-refractivity contribution in [2.75, 3.05) is 0 Å². The summed E-state index contributed by atoms with van der Waals surface area (Å²) in [6.07, 6.45) is 3.06. The van der Waals surface area contributed by atoms with E-state index in [1.54, 1.807) is 12.1 Å². The molecule has 4 heteroatoms. The Morgan fingerprint density at radius 2 is 1.93 bits per heavy atom. The third kappa shape index (κ3) is 3.37. The maximum absolute atomic E-state index is 7.63. The summed E-state index contributed by atoms with van der Waals surface area (Å²) in [5.74, 6) is 0.551. The lowest BCUT2D eigenvalue weighted by atomic mass is 10.0. The second-order valence-corrected chi connectivity index (χ2v) is 13.9. The molecule has 3 heterocycles. The van der Waals surface area contributed by atoms with Gasteiger partial charge in [0.2, 0.25) is 5.71 Å². The second kappa shape index (κ2) is 6.85. The zero-order valence-electron chi connectivity index (χ0n) is 20.1. The zero-order chi connectivity index (χ0) is 22.6. The molecule has 0 fully saturated rings. The van der Waals surface area contributed by atoms with Crippen LogP contribution in [0.4, 0.5) is 0 Å². The van der Waals surface area contributed by atoms with Crippen LogP contribution in [0.15, 0.2) is 47.0 Å². The first-order chi connectivity index (χ1) is 14.4. The number of pyridine rings is 2. The van der Waals surface area contributed by atoms with Crippen LogP contribution in [0.2, 0.25) is 19.6 Å². The molecule has 0 spiro atoms. The second-order valence-electron chi connectivity index (χ2n) is 8.91. The Hall–Kier alpha value is -2.46. The molecule has 0 radical (unpaired) electrons. The minimum Gasteiger partial charge on any atom is -0.437 e. The van der Waals surface area contributed by atoms with Crippen molar-refractivity contribution < 1.29 is 8.53 Å². The Balaban J connectivity index is 1.91. The van der Waals surface area contributed by atoms with Crippen molar-refractivity contribution in [1.29, 1.82) is 0 Å². The summed E-state index contributed by atoms with van der Waals surface area (Å²) in [5.41, 5.74) is 4.21. The monoisotopic (exact) mass is 391 g/mol. The smallest absolute Gasteiger partial charge is 0.227 e. The molecule has 0 aliphatic rings. The van der Waals surface area contributed by atoms with Gasteiger partial charge in [0.25, 0.3) is 0 Å². The highest BCUT2D eigenvalue weighted by Crippen LogP contribution is 2.34. The Bertz CT molecular complexity index is 1270. The number of para-hydroxylation sites is 1. The van der Waals surface area contributed by atoms with Crippen molar-refractivity contribution >= 4 is 35.3 Å². The first kappa shape index (κ1) is 15.5. The van der Waals surface area contributed by atoms with E-state index in [0.717, 1.165) is 28.5 Å². The maximum atomic E-state index is 7.63. The van der Waals surface area contributed by atoms with Crippen LogP contribution >= 0.6 is 0 Å². The molecule has 0 aliphatic heterocycles. The highest BCUT2D eigenvalue weighted by molar-refractivity contribution is 6.89. The summed E-state index contributed by atoms with van der Waals surface area (Å²) in [7, 11) is -1.52. The highest BCUT2D eigenvalue weighted by Gasteiger charge is 2.22. The zero-order valence-corrected chi connectivity index (χ0v) is 18.1. The van der Waals surface area contributed by atoms with Crippen LogP contribution in [0, 0.1) is 12.8 Å². The van der Waals surface area contributed by atoms with Crippen molar-refractivity contribution in [1.82, 2.24) is 9.97 Å². The fourth-order valence-corrected chi connectivity index (χ4v) is 5.40. The summed E-state index contributed by atoms with van der Waals surface area (Å²) in [6.45, 7) is 9.26. The van der Waals surface area contributed by atoms with Gasteiger partial charge in [-0.2, -0.15) is 0 Å². The van der Waals surface area contributed by atoms with Gasteiger partial charge in [-0.3, -0.25) is 4.98 Å². The van der Waals surface area contributed by atoms with E-state index >= 15 is 0 Å². The standard InChI is InChI=1S/C24H28N2OSi/c1-15(2)12-17-13-21(25-14-22(17)28(4,5)6)20-9-7-8-18-19-11-10-16(3)26-24(19)27-23(18)20/h7-11,13-15H,12H2,1-6H3/i3D3. The number of furan rings is 1. The number of aryl methyl sites for hydroxylation is 1. The number of rotatable bonds is 4. The van der Waals surface area contributed by atoms with Crippen LogP contribution in [0.25, 0.3) is 33.3 Å². The first-order valence-corrected chi connectivity index (χ1v) is 13.3. The van der Waals surface area contributed by atoms with Gasteiger partial charge >= 0.3 is 0 Å². The third-order valence-corrected chi connectivity index (χ3v) is 7.13. The van der Waals surface area contributed by atoms with Crippen molar-refractivity contribution in [3.63, 3.8) is 0 Å². The normalized spacial score (nSPS) is 14.4. The Morgan fingerprint density at radius 1 is 1.11 bits per heavy atom. The van der Waals surface area contributed by atoms with E-state index in [2.05, 4.69) is 44.5 Å². The molecule has 1 aromatic carbocycles. The van der Waals surface area contributed by atoms with Gasteiger partial charge in [-0.15, -0.1) is 0 Å². The Morgan fingerprint density at radius 3 is 2.64 bits per heavy atom. The minimum atomic E-state index is -2.27. The maximum Gasteiger partial charge on any atom is 0.227 e. The Kier molecular flexibility index (Phi) is 3.78. The van der Waals surface area contributed by atoms with Gasteiger partial charge in [0.15, 0.2) is 0 Å². The molecular weight excluding hydrogens is 360 g/mol. The van der Waals surface area contributed by atoms with E-state index in [4.69, 9.17) is 13.5 Å². The molecule has 28 heavy (non-hydrogen) atoms. The molecule has 3 nitrogen and oxygen atoms in total. The number of aromatic nitrogens is 2. The summed E-state index contributed by atoms with van der Waals surface area (Å²) >= 11 is 0. The molecule has 4 aromatic rings. The van der Waals surface area contributed by atoms with Crippen molar-refractivity contribution in [2.45, 2.75) is 46.8 Å². The lowest BCUT2D eigenvalue weighted by molar-refractivity contribution is 0.648. The van der Waals surface area contributed by atoms with Gasteiger partial charge in [0, 0.05) is 32.3 Å². The first-order valence-electron chi connectivity index (χ1n) is 11.3. The van der Waals surface area contributed by atoms with Gasteiger partial charge in [-0.25, -0.2) is 4.98 Å². The van der Waals surface area contributed by atoms with Crippen LogP contribution in [0.1, 0.15) is 29.2 Å². The number of fused-ring (bicyclic) bond motifs is 3. The minimum absolute atomic E-state index is 0.0393. The average Bonchev–Trinajstić information content (AvgIpc) is 3.03. The quantitative estimate of drug-likeness (QED) is 0.395. The Labute approximate surface area is 172 Å². The van der Waals surface area contributed by atoms with Crippen molar-refractivity contribution in [3.05, 3.63) is 53.9 Å². The third-order valence-electron chi connectivity index (χ3n) is 5.07. The van der Waals surface area contributed by atoms with Crippen LogP contribution in [0.5, 0.6) is 0 Å². The largest absolute Gasteiger partial charge is 0.437 e. The molecule has 0 saturated heterocycles. The summed E-state index contributed by atoms with van der Waals surface area (Å²) in [6, 6.07) is 11.5. The molecule has 0 amide bonds. The van der Waals surface area contributed by atoms with Gasteiger partial charge < -0.3 is 4.42 Å². The molecule has 0 aliphatic carbocycles. The summed E-state index contributed by atoms with van der Waals surface area (Å²) in [4.78, 5) is 9.10. The van der Waals surface area contributed by atoms with Gasteiger partial charge in [-0.1, -0.05) is 45.6 Å². The van der Waals surface area contributed by atoms with E-state index in [1.165, 1.54) is 10.8 Å². The number of hydrogen-bond acceptors (Lipinski definition) is 3. The predicted molar refractivity (Wildman–Crippen MR) is 121 cm³/mol. The molecule has 0 atom stereocenters.